The highest BCUT2D eigenvalue weighted by Crippen LogP contribution is 2.20. The van der Waals surface area contributed by atoms with Crippen molar-refractivity contribution in [3.05, 3.63) is 81.7 Å². The molecule has 2 heterocycles. The second kappa shape index (κ2) is 8.16. The van der Waals surface area contributed by atoms with E-state index in [1.807, 2.05) is 30.5 Å². The number of fused-ring (bicyclic) bond motifs is 2. The Hall–Kier alpha value is -2.64. The summed E-state index contributed by atoms with van der Waals surface area (Å²) in [5.41, 5.74) is 1.69. The molecule has 4 rings (SSSR count). The number of amides is 1. The Morgan fingerprint density at radius 3 is 2.89 bits per heavy atom. The van der Waals surface area contributed by atoms with Crippen LogP contribution in [-0.2, 0) is 10.5 Å². The van der Waals surface area contributed by atoms with Gasteiger partial charge in [-0.15, -0.1) is 23.1 Å². The summed E-state index contributed by atoms with van der Waals surface area (Å²) in [5, 5.41) is 7.23. The summed E-state index contributed by atoms with van der Waals surface area (Å²) in [6.07, 6.45) is 1.72. The number of nitrogens with one attached hydrogen (secondary N) is 1. The molecule has 0 bridgehead atoms. The average molecular weight is 410 g/mol. The number of aromatic nitrogens is 2. The summed E-state index contributed by atoms with van der Waals surface area (Å²) >= 11 is 2.88. The summed E-state index contributed by atoms with van der Waals surface area (Å²) in [4.78, 5) is 29.4. The lowest BCUT2D eigenvalue weighted by Crippen LogP contribution is -2.28. The monoisotopic (exact) mass is 409 g/mol. The molecule has 1 amide bonds. The van der Waals surface area contributed by atoms with Gasteiger partial charge in [0.25, 0.3) is 5.56 Å². The highest BCUT2D eigenvalue weighted by Gasteiger charge is 2.11. The van der Waals surface area contributed by atoms with Crippen LogP contribution >= 0.6 is 23.1 Å². The van der Waals surface area contributed by atoms with Crippen LogP contribution in [-0.4, -0.2) is 21.0 Å². The lowest BCUT2D eigenvalue weighted by Gasteiger charge is -2.15. The van der Waals surface area contributed by atoms with Crippen molar-refractivity contribution >= 4 is 44.7 Å². The molecule has 5 nitrogen and oxygen atoms in total. The van der Waals surface area contributed by atoms with Gasteiger partial charge in [0.2, 0.25) is 5.91 Å². The first kappa shape index (κ1) is 18.7. The highest BCUT2D eigenvalue weighted by molar-refractivity contribution is 7.99. The smallest absolute Gasteiger partial charge is 0.258 e. The lowest BCUT2D eigenvalue weighted by molar-refractivity contribution is -0.119. The van der Waals surface area contributed by atoms with Crippen molar-refractivity contribution in [2.75, 3.05) is 5.75 Å². The van der Waals surface area contributed by atoms with Gasteiger partial charge in [-0.3, -0.25) is 14.0 Å². The standard InChI is InChI=1S/C21H19N3O2S2/c1-14(16-7-6-15-4-2-3-5-17(15)10-16)22-19(25)13-27-12-18-11-20(26)24-8-9-28-21(24)23-18/h2-11,14H,12-13H2,1H3,(H,22,25)/t14-/m1/s1. The molecule has 4 aromatic rings. The molecule has 28 heavy (non-hydrogen) atoms. The van der Waals surface area contributed by atoms with Gasteiger partial charge in [0.05, 0.1) is 17.5 Å². The van der Waals surface area contributed by atoms with Crippen molar-refractivity contribution in [1.82, 2.24) is 14.7 Å². The number of carbonyl (C=O) groups is 1. The largest absolute Gasteiger partial charge is 0.349 e. The zero-order valence-corrected chi connectivity index (χ0v) is 16.9. The number of thioether (sulfide) groups is 1. The second-order valence-electron chi connectivity index (χ2n) is 6.53. The van der Waals surface area contributed by atoms with Crippen molar-refractivity contribution < 1.29 is 4.79 Å². The number of nitrogens with zero attached hydrogens (tertiary/aromatic N) is 2. The van der Waals surface area contributed by atoms with Crippen LogP contribution in [0.25, 0.3) is 15.7 Å². The fourth-order valence-corrected chi connectivity index (χ4v) is 4.52. The molecule has 2 aromatic carbocycles. The molecule has 0 radical (unpaired) electrons. The zero-order chi connectivity index (χ0) is 19.5. The van der Waals surface area contributed by atoms with Gasteiger partial charge in [0.1, 0.15) is 0 Å². The third kappa shape index (κ3) is 4.10. The van der Waals surface area contributed by atoms with Gasteiger partial charge < -0.3 is 5.32 Å². The Kier molecular flexibility index (Phi) is 5.45. The number of hydrogen-bond donors (Lipinski definition) is 1. The summed E-state index contributed by atoms with van der Waals surface area (Å²) in [6, 6.07) is 15.9. The fourth-order valence-electron chi connectivity index (χ4n) is 3.05. The topological polar surface area (TPSA) is 63.5 Å². The van der Waals surface area contributed by atoms with Crippen LogP contribution in [0.5, 0.6) is 0 Å². The predicted octanol–water partition coefficient (Wildman–Crippen LogP) is 4.02. The summed E-state index contributed by atoms with van der Waals surface area (Å²) in [7, 11) is 0. The maximum atomic E-state index is 12.3. The molecular weight excluding hydrogens is 390 g/mol. The maximum absolute atomic E-state index is 12.3. The van der Waals surface area contributed by atoms with Gasteiger partial charge in [-0.05, 0) is 29.3 Å². The molecule has 0 aliphatic carbocycles. The molecule has 0 aliphatic heterocycles. The summed E-state index contributed by atoms with van der Waals surface area (Å²) in [5.74, 6) is 0.824. The SMILES string of the molecule is C[C@@H](NC(=O)CSCc1cc(=O)n2ccsc2n1)c1ccc2ccccc2c1. The van der Waals surface area contributed by atoms with Crippen LogP contribution < -0.4 is 10.9 Å². The highest BCUT2D eigenvalue weighted by atomic mass is 32.2. The molecule has 1 N–H and O–H groups in total. The van der Waals surface area contributed by atoms with Gasteiger partial charge in [-0.2, -0.15) is 0 Å². The van der Waals surface area contributed by atoms with Crippen molar-refractivity contribution in [1.29, 1.82) is 0 Å². The van der Waals surface area contributed by atoms with Crippen LogP contribution in [0.1, 0.15) is 24.2 Å². The first-order valence-electron chi connectivity index (χ1n) is 8.92. The van der Waals surface area contributed by atoms with Crippen molar-refractivity contribution in [2.45, 2.75) is 18.7 Å². The van der Waals surface area contributed by atoms with E-state index in [0.717, 1.165) is 10.9 Å². The van der Waals surface area contributed by atoms with Crippen molar-refractivity contribution in [3.8, 4) is 0 Å². The molecular formula is C21H19N3O2S2. The van der Waals surface area contributed by atoms with E-state index in [2.05, 4.69) is 34.6 Å². The molecule has 0 saturated heterocycles. The van der Waals surface area contributed by atoms with E-state index in [1.54, 1.807) is 6.20 Å². The van der Waals surface area contributed by atoms with Crippen molar-refractivity contribution in [2.24, 2.45) is 0 Å². The molecule has 1 atom stereocenters. The first-order valence-corrected chi connectivity index (χ1v) is 11.0. The Labute approximate surface area is 170 Å². The summed E-state index contributed by atoms with van der Waals surface area (Å²) in [6.45, 7) is 1.99. The van der Waals surface area contributed by atoms with Gasteiger partial charge in [-0.25, -0.2) is 4.98 Å². The van der Waals surface area contributed by atoms with Crippen LogP contribution in [0.15, 0.2) is 64.9 Å². The Morgan fingerprint density at radius 1 is 1.21 bits per heavy atom. The molecule has 142 valence electrons. The average Bonchev–Trinajstić information content (AvgIpc) is 3.17. The zero-order valence-electron chi connectivity index (χ0n) is 15.3. The fraction of sp³-hybridized carbons (Fsp3) is 0.190. The van der Waals surface area contributed by atoms with Crippen LogP contribution in [0, 0.1) is 0 Å². The minimum absolute atomic E-state index is 0.0282. The molecule has 0 aliphatic rings. The summed E-state index contributed by atoms with van der Waals surface area (Å²) < 4.78 is 1.52. The van der Waals surface area contributed by atoms with Crippen LogP contribution in [0.3, 0.4) is 0 Å². The van der Waals surface area contributed by atoms with E-state index in [-0.39, 0.29) is 17.5 Å². The first-order chi connectivity index (χ1) is 13.6. The minimum atomic E-state index is -0.0868. The Balaban J connectivity index is 1.33. The van der Waals surface area contributed by atoms with Gasteiger partial charge in [0.15, 0.2) is 4.96 Å². The molecule has 0 saturated carbocycles. The van der Waals surface area contributed by atoms with E-state index < -0.39 is 0 Å². The molecule has 0 unspecified atom stereocenters. The molecule has 2 aromatic heterocycles. The van der Waals surface area contributed by atoms with E-state index in [0.29, 0.717) is 22.2 Å². The van der Waals surface area contributed by atoms with Gasteiger partial charge in [-0.1, -0.05) is 36.4 Å². The number of thiazole rings is 1. The predicted molar refractivity (Wildman–Crippen MR) is 116 cm³/mol. The van der Waals surface area contributed by atoms with E-state index >= 15 is 0 Å². The minimum Gasteiger partial charge on any atom is -0.349 e. The van der Waals surface area contributed by atoms with Crippen molar-refractivity contribution in [3.63, 3.8) is 0 Å². The normalized spacial score (nSPS) is 12.3. The second-order valence-corrected chi connectivity index (χ2v) is 8.39. The van der Waals surface area contributed by atoms with E-state index in [1.165, 1.54) is 39.0 Å². The number of benzene rings is 2. The third-order valence-corrected chi connectivity index (χ3v) is 6.21. The lowest BCUT2D eigenvalue weighted by atomic mass is 10.0. The van der Waals surface area contributed by atoms with Crippen LogP contribution in [0.4, 0.5) is 0 Å². The Morgan fingerprint density at radius 2 is 2.04 bits per heavy atom. The molecule has 0 spiro atoms. The maximum Gasteiger partial charge on any atom is 0.258 e. The van der Waals surface area contributed by atoms with E-state index in [4.69, 9.17) is 0 Å². The third-order valence-electron chi connectivity index (χ3n) is 4.49. The number of rotatable bonds is 6. The van der Waals surface area contributed by atoms with Gasteiger partial charge in [0, 0.05) is 23.4 Å². The quantitative estimate of drug-likeness (QED) is 0.522. The molecule has 7 heteroatoms. The Bertz CT molecular complexity index is 1200. The van der Waals surface area contributed by atoms with E-state index in [9.17, 15) is 9.59 Å². The van der Waals surface area contributed by atoms with Crippen LogP contribution in [0.2, 0.25) is 0 Å². The van der Waals surface area contributed by atoms with Gasteiger partial charge >= 0.3 is 0 Å². The number of carbonyl (C=O) groups excluding carboxylic acids is 1. The number of hydrogen-bond acceptors (Lipinski definition) is 5. The molecule has 0 fully saturated rings.